The second kappa shape index (κ2) is 5.65. The number of rotatable bonds is 4. The maximum absolute atomic E-state index is 12.0. The van der Waals surface area contributed by atoms with Gasteiger partial charge in [0.05, 0.1) is 17.1 Å². The van der Waals surface area contributed by atoms with Gasteiger partial charge in [0.25, 0.3) is 5.56 Å². The van der Waals surface area contributed by atoms with Crippen molar-refractivity contribution in [3.63, 3.8) is 0 Å². The first-order valence-electron chi connectivity index (χ1n) is 6.80. The number of nitrogens with zero attached hydrogens (tertiary/aromatic N) is 1. The molecule has 1 aromatic heterocycles. The number of hydrogen-bond acceptors (Lipinski definition) is 5. The van der Waals surface area contributed by atoms with Crippen LogP contribution in [0.1, 0.15) is 36.5 Å². The van der Waals surface area contributed by atoms with Gasteiger partial charge in [0.1, 0.15) is 5.82 Å². The standard InChI is InChI=1S/C13H21N3O3S/c1-8(12-9(2)15-10(3)16-13(12)17)14-6-11-4-5-20(18,19)7-11/h8,11,14H,4-7H2,1-3H3,(H,15,16,17). The monoisotopic (exact) mass is 299 g/mol. The molecule has 0 aliphatic carbocycles. The van der Waals surface area contributed by atoms with Crippen molar-refractivity contribution in [2.75, 3.05) is 18.1 Å². The average Bonchev–Trinajstić information content (AvgIpc) is 2.65. The maximum atomic E-state index is 12.0. The van der Waals surface area contributed by atoms with Crippen LogP contribution in [0.4, 0.5) is 0 Å². The van der Waals surface area contributed by atoms with Gasteiger partial charge < -0.3 is 10.3 Å². The second-order valence-electron chi connectivity index (χ2n) is 5.55. The van der Waals surface area contributed by atoms with E-state index in [0.29, 0.717) is 30.0 Å². The van der Waals surface area contributed by atoms with Gasteiger partial charge in [0.15, 0.2) is 9.84 Å². The third-order valence-electron chi connectivity index (χ3n) is 3.74. The van der Waals surface area contributed by atoms with Crippen molar-refractivity contribution >= 4 is 9.84 Å². The van der Waals surface area contributed by atoms with Crippen molar-refractivity contribution in [1.82, 2.24) is 15.3 Å². The number of nitrogens with one attached hydrogen (secondary N) is 2. The van der Waals surface area contributed by atoms with Gasteiger partial charge in [-0.2, -0.15) is 0 Å². The van der Waals surface area contributed by atoms with E-state index in [0.717, 1.165) is 0 Å². The lowest BCUT2D eigenvalue weighted by atomic mass is 10.1. The van der Waals surface area contributed by atoms with Crippen LogP contribution in [0.3, 0.4) is 0 Å². The van der Waals surface area contributed by atoms with E-state index >= 15 is 0 Å². The molecule has 1 saturated heterocycles. The van der Waals surface area contributed by atoms with Crippen molar-refractivity contribution in [1.29, 1.82) is 0 Å². The van der Waals surface area contributed by atoms with Crippen LogP contribution >= 0.6 is 0 Å². The third-order valence-corrected chi connectivity index (χ3v) is 5.57. The summed E-state index contributed by atoms with van der Waals surface area (Å²) < 4.78 is 22.8. The highest BCUT2D eigenvalue weighted by molar-refractivity contribution is 7.91. The Morgan fingerprint density at radius 2 is 2.15 bits per heavy atom. The number of hydrogen-bond donors (Lipinski definition) is 2. The second-order valence-corrected chi connectivity index (χ2v) is 7.78. The van der Waals surface area contributed by atoms with Gasteiger partial charge in [-0.15, -0.1) is 0 Å². The summed E-state index contributed by atoms with van der Waals surface area (Å²) in [6, 6.07) is -0.143. The first-order valence-corrected chi connectivity index (χ1v) is 8.62. The Morgan fingerprint density at radius 3 is 2.70 bits per heavy atom. The minimum Gasteiger partial charge on any atom is -0.310 e. The summed E-state index contributed by atoms with van der Waals surface area (Å²) in [7, 11) is -2.85. The Morgan fingerprint density at radius 1 is 1.45 bits per heavy atom. The number of aromatic amines is 1. The molecule has 2 atom stereocenters. The molecule has 0 radical (unpaired) electrons. The first kappa shape index (κ1) is 15.2. The van der Waals surface area contributed by atoms with Crippen LogP contribution in [-0.4, -0.2) is 36.4 Å². The van der Waals surface area contributed by atoms with E-state index in [4.69, 9.17) is 0 Å². The van der Waals surface area contributed by atoms with Crippen molar-refractivity contribution in [2.45, 2.75) is 33.2 Å². The Balaban J connectivity index is 2.03. The van der Waals surface area contributed by atoms with Crippen molar-refractivity contribution in [3.8, 4) is 0 Å². The predicted molar refractivity (Wildman–Crippen MR) is 77.5 cm³/mol. The predicted octanol–water partition coefficient (Wildman–Crippen LogP) is 0.472. The number of H-pyrrole nitrogens is 1. The molecule has 2 N–H and O–H groups in total. The molecule has 20 heavy (non-hydrogen) atoms. The Kier molecular flexibility index (Phi) is 4.29. The molecule has 1 aliphatic rings. The summed E-state index contributed by atoms with van der Waals surface area (Å²) in [5, 5.41) is 3.26. The van der Waals surface area contributed by atoms with Crippen LogP contribution < -0.4 is 10.9 Å². The summed E-state index contributed by atoms with van der Waals surface area (Å²) >= 11 is 0. The molecule has 0 amide bonds. The van der Waals surface area contributed by atoms with Gasteiger partial charge in [-0.05, 0) is 39.7 Å². The molecule has 0 aromatic carbocycles. The van der Waals surface area contributed by atoms with Gasteiger partial charge in [0, 0.05) is 11.7 Å². The minimum absolute atomic E-state index is 0.131. The van der Waals surface area contributed by atoms with Crippen LogP contribution in [0.2, 0.25) is 0 Å². The van der Waals surface area contributed by atoms with Crippen LogP contribution in [0, 0.1) is 19.8 Å². The molecule has 0 spiro atoms. The zero-order valence-electron chi connectivity index (χ0n) is 12.1. The van der Waals surface area contributed by atoms with E-state index in [1.807, 2.05) is 13.8 Å². The number of aromatic nitrogens is 2. The van der Waals surface area contributed by atoms with Crippen molar-refractivity contribution in [3.05, 3.63) is 27.4 Å². The molecule has 7 heteroatoms. The zero-order chi connectivity index (χ0) is 14.9. The SMILES string of the molecule is Cc1nc(C)c(C(C)NCC2CCS(=O)(=O)C2)c(=O)[nH]1. The fraction of sp³-hybridized carbons (Fsp3) is 0.692. The molecule has 6 nitrogen and oxygen atoms in total. The molecule has 0 saturated carbocycles. The van der Waals surface area contributed by atoms with Gasteiger partial charge >= 0.3 is 0 Å². The molecule has 1 aliphatic heterocycles. The molecular weight excluding hydrogens is 278 g/mol. The maximum Gasteiger partial charge on any atom is 0.255 e. The fourth-order valence-electron chi connectivity index (χ4n) is 2.72. The molecular formula is C13H21N3O3S. The largest absolute Gasteiger partial charge is 0.310 e. The van der Waals surface area contributed by atoms with E-state index in [9.17, 15) is 13.2 Å². The van der Waals surface area contributed by atoms with Crippen molar-refractivity contribution in [2.24, 2.45) is 5.92 Å². The van der Waals surface area contributed by atoms with E-state index in [-0.39, 0.29) is 29.0 Å². The normalized spacial score (nSPS) is 22.9. The summed E-state index contributed by atoms with van der Waals surface area (Å²) in [6.45, 7) is 6.07. The van der Waals surface area contributed by atoms with E-state index in [1.54, 1.807) is 6.92 Å². The van der Waals surface area contributed by atoms with E-state index in [1.165, 1.54) is 0 Å². The molecule has 1 fully saturated rings. The lowest BCUT2D eigenvalue weighted by Crippen LogP contribution is -2.31. The highest BCUT2D eigenvalue weighted by atomic mass is 32.2. The molecule has 2 unspecified atom stereocenters. The smallest absolute Gasteiger partial charge is 0.255 e. The lowest BCUT2D eigenvalue weighted by molar-refractivity contribution is 0.472. The first-order chi connectivity index (χ1) is 9.28. The van der Waals surface area contributed by atoms with Gasteiger partial charge in [-0.1, -0.05) is 0 Å². The molecule has 2 rings (SSSR count). The molecule has 0 bridgehead atoms. The number of aryl methyl sites for hydroxylation is 2. The van der Waals surface area contributed by atoms with Crippen LogP contribution in [-0.2, 0) is 9.84 Å². The van der Waals surface area contributed by atoms with Gasteiger partial charge in [-0.25, -0.2) is 13.4 Å². The van der Waals surface area contributed by atoms with Gasteiger partial charge in [0.2, 0.25) is 0 Å². The highest BCUT2D eigenvalue weighted by Crippen LogP contribution is 2.19. The molecule has 2 heterocycles. The Bertz CT molecular complexity index is 651. The van der Waals surface area contributed by atoms with Gasteiger partial charge in [-0.3, -0.25) is 4.79 Å². The summed E-state index contributed by atoms with van der Waals surface area (Å²) in [4.78, 5) is 18.9. The Labute approximate surface area is 118 Å². The molecule has 112 valence electrons. The van der Waals surface area contributed by atoms with Crippen LogP contribution in [0.15, 0.2) is 4.79 Å². The van der Waals surface area contributed by atoms with E-state index in [2.05, 4.69) is 15.3 Å². The minimum atomic E-state index is -2.85. The van der Waals surface area contributed by atoms with Crippen molar-refractivity contribution < 1.29 is 8.42 Å². The highest BCUT2D eigenvalue weighted by Gasteiger charge is 2.28. The van der Waals surface area contributed by atoms with E-state index < -0.39 is 9.84 Å². The quantitative estimate of drug-likeness (QED) is 0.843. The summed E-state index contributed by atoms with van der Waals surface area (Å²) in [6.07, 6.45) is 0.698. The van der Waals surface area contributed by atoms with Crippen LogP contribution in [0.25, 0.3) is 0 Å². The summed E-state index contributed by atoms with van der Waals surface area (Å²) in [5.41, 5.74) is 1.20. The fourth-order valence-corrected chi connectivity index (χ4v) is 4.59. The zero-order valence-corrected chi connectivity index (χ0v) is 12.9. The summed E-state index contributed by atoms with van der Waals surface area (Å²) in [5.74, 6) is 1.26. The number of sulfone groups is 1. The van der Waals surface area contributed by atoms with Crippen LogP contribution in [0.5, 0.6) is 0 Å². The Hall–Kier alpha value is -1.21. The molecule has 1 aromatic rings. The topological polar surface area (TPSA) is 91.9 Å². The third kappa shape index (κ3) is 3.46. The lowest BCUT2D eigenvalue weighted by Gasteiger charge is -2.17. The average molecular weight is 299 g/mol.